The van der Waals surface area contributed by atoms with Crippen LogP contribution >= 0.6 is 34.7 Å². The maximum Gasteiger partial charge on any atom is 0.224 e. The molecule has 1 aliphatic rings. The highest BCUT2D eigenvalue weighted by Gasteiger charge is 2.14. The van der Waals surface area contributed by atoms with Crippen LogP contribution < -0.4 is 5.32 Å². The van der Waals surface area contributed by atoms with Gasteiger partial charge in [-0.15, -0.1) is 11.3 Å². The Kier molecular flexibility index (Phi) is 7.23. The van der Waals surface area contributed by atoms with E-state index in [1.807, 2.05) is 36.0 Å². The first-order valence-electron chi connectivity index (χ1n) is 8.51. The van der Waals surface area contributed by atoms with Gasteiger partial charge in [0.1, 0.15) is 0 Å². The number of hydrogen-bond donors (Lipinski definition) is 1. The van der Waals surface area contributed by atoms with Gasteiger partial charge in [-0.05, 0) is 49.1 Å². The van der Waals surface area contributed by atoms with Crippen molar-refractivity contribution in [1.29, 1.82) is 0 Å². The van der Waals surface area contributed by atoms with Gasteiger partial charge in [0, 0.05) is 41.2 Å². The van der Waals surface area contributed by atoms with Crippen molar-refractivity contribution >= 4 is 46.3 Å². The van der Waals surface area contributed by atoms with E-state index in [2.05, 4.69) is 17.4 Å². The van der Waals surface area contributed by atoms with E-state index in [9.17, 15) is 4.79 Å². The van der Waals surface area contributed by atoms with Crippen molar-refractivity contribution < 1.29 is 9.53 Å². The molecule has 0 saturated carbocycles. The Morgan fingerprint density at radius 2 is 2.12 bits per heavy atom. The summed E-state index contributed by atoms with van der Waals surface area (Å²) in [5, 5.41) is 3.69. The first-order valence-corrected chi connectivity index (χ1v) is 10.8. The Labute approximate surface area is 162 Å². The van der Waals surface area contributed by atoms with Gasteiger partial charge >= 0.3 is 0 Å². The Morgan fingerprint density at radius 3 is 2.88 bits per heavy atom. The fourth-order valence-electron chi connectivity index (χ4n) is 2.74. The quantitative estimate of drug-likeness (QED) is 0.683. The maximum absolute atomic E-state index is 12.2. The molecule has 134 valence electrons. The molecule has 25 heavy (non-hydrogen) atoms. The topological polar surface area (TPSA) is 38.3 Å². The lowest BCUT2D eigenvalue weighted by Crippen LogP contribution is -2.17. The van der Waals surface area contributed by atoms with Crippen LogP contribution in [0.3, 0.4) is 0 Å². The average molecular weight is 396 g/mol. The van der Waals surface area contributed by atoms with E-state index in [1.54, 1.807) is 0 Å². The number of anilines is 1. The Morgan fingerprint density at radius 1 is 1.28 bits per heavy atom. The van der Waals surface area contributed by atoms with Gasteiger partial charge in [0.05, 0.1) is 4.34 Å². The standard InChI is InChI=1S/C19H22ClNO2S2/c20-18-6-4-17(25-18)5-7-19(22)21-15-3-1-2-14(12-15)13-24-16-8-10-23-11-9-16/h1-4,6,12,16H,5,7-11,13H2,(H,21,22). The first kappa shape index (κ1) is 18.8. The van der Waals surface area contributed by atoms with Crippen LogP contribution in [0.4, 0.5) is 5.69 Å². The van der Waals surface area contributed by atoms with E-state index in [0.29, 0.717) is 11.7 Å². The van der Waals surface area contributed by atoms with Crippen LogP contribution in [0.15, 0.2) is 36.4 Å². The minimum Gasteiger partial charge on any atom is -0.381 e. The van der Waals surface area contributed by atoms with Gasteiger partial charge in [0.15, 0.2) is 0 Å². The third-order valence-corrected chi connectivity index (χ3v) is 6.83. The number of nitrogens with one attached hydrogen (secondary N) is 1. The van der Waals surface area contributed by atoms with Gasteiger partial charge in [-0.2, -0.15) is 11.8 Å². The van der Waals surface area contributed by atoms with E-state index in [4.69, 9.17) is 16.3 Å². The molecular weight excluding hydrogens is 374 g/mol. The number of benzene rings is 1. The molecule has 6 heteroatoms. The second-order valence-electron chi connectivity index (χ2n) is 6.08. The SMILES string of the molecule is O=C(CCc1ccc(Cl)s1)Nc1cccc(CSC2CCOCC2)c1. The van der Waals surface area contributed by atoms with Crippen LogP contribution in [0.1, 0.15) is 29.7 Å². The Bertz CT molecular complexity index is 698. The third-order valence-electron chi connectivity index (χ3n) is 4.09. The van der Waals surface area contributed by atoms with E-state index in [1.165, 1.54) is 16.9 Å². The van der Waals surface area contributed by atoms with E-state index < -0.39 is 0 Å². The molecule has 1 N–H and O–H groups in total. The number of carbonyl (C=O) groups excluding carboxylic acids is 1. The second kappa shape index (κ2) is 9.62. The van der Waals surface area contributed by atoms with Crippen molar-refractivity contribution in [3.63, 3.8) is 0 Å². The van der Waals surface area contributed by atoms with Crippen molar-refractivity contribution in [1.82, 2.24) is 0 Å². The number of hydrogen-bond acceptors (Lipinski definition) is 4. The minimum atomic E-state index is 0.0405. The zero-order chi connectivity index (χ0) is 17.5. The molecule has 1 aliphatic heterocycles. The van der Waals surface area contributed by atoms with Crippen LogP contribution in [0, 0.1) is 0 Å². The highest BCUT2D eigenvalue weighted by atomic mass is 35.5. The molecule has 0 bridgehead atoms. The van der Waals surface area contributed by atoms with Crippen molar-refractivity contribution in [3.8, 4) is 0 Å². The lowest BCUT2D eigenvalue weighted by Gasteiger charge is -2.21. The molecule has 2 aromatic rings. The van der Waals surface area contributed by atoms with Gasteiger partial charge in [-0.3, -0.25) is 4.79 Å². The molecule has 2 heterocycles. The van der Waals surface area contributed by atoms with Gasteiger partial charge in [0.25, 0.3) is 0 Å². The first-order chi connectivity index (χ1) is 12.2. The van der Waals surface area contributed by atoms with Crippen molar-refractivity contribution in [3.05, 3.63) is 51.2 Å². The largest absolute Gasteiger partial charge is 0.381 e. The number of carbonyl (C=O) groups is 1. The summed E-state index contributed by atoms with van der Waals surface area (Å²) in [7, 11) is 0. The summed E-state index contributed by atoms with van der Waals surface area (Å²) in [5.41, 5.74) is 2.12. The molecule has 1 fully saturated rings. The molecule has 1 aromatic carbocycles. The number of thiophene rings is 1. The monoisotopic (exact) mass is 395 g/mol. The van der Waals surface area contributed by atoms with Gasteiger partial charge in [-0.1, -0.05) is 23.7 Å². The molecule has 0 unspecified atom stereocenters. The summed E-state index contributed by atoms with van der Waals surface area (Å²) in [6.45, 7) is 1.76. The van der Waals surface area contributed by atoms with Crippen LogP contribution in [-0.4, -0.2) is 24.4 Å². The lowest BCUT2D eigenvalue weighted by molar-refractivity contribution is -0.116. The number of ether oxygens (including phenoxy) is 1. The molecule has 0 atom stereocenters. The molecule has 3 nitrogen and oxygen atoms in total. The predicted molar refractivity (Wildman–Crippen MR) is 108 cm³/mol. The van der Waals surface area contributed by atoms with Crippen molar-refractivity contribution in [2.24, 2.45) is 0 Å². The Hall–Kier alpha value is -1.01. The number of amides is 1. The van der Waals surface area contributed by atoms with Crippen LogP contribution in [-0.2, 0) is 21.7 Å². The number of aryl methyl sites for hydroxylation is 1. The van der Waals surface area contributed by atoms with Crippen LogP contribution in [0.2, 0.25) is 4.34 Å². The highest BCUT2D eigenvalue weighted by molar-refractivity contribution is 7.99. The zero-order valence-corrected chi connectivity index (χ0v) is 16.4. The summed E-state index contributed by atoms with van der Waals surface area (Å²) in [6.07, 6.45) is 3.46. The fourth-order valence-corrected chi connectivity index (χ4v) is 4.96. The van der Waals surface area contributed by atoms with Crippen molar-refractivity contribution in [2.45, 2.75) is 36.7 Å². The van der Waals surface area contributed by atoms with Crippen LogP contribution in [0.5, 0.6) is 0 Å². The molecule has 0 aliphatic carbocycles. The molecular formula is C19H22ClNO2S2. The van der Waals surface area contributed by atoms with Gasteiger partial charge in [0.2, 0.25) is 5.91 Å². The number of thioether (sulfide) groups is 1. The van der Waals surface area contributed by atoms with E-state index in [0.717, 1.165) is 53.1 Å². The zero-order valence-electron chi connectivity index (χ0n) is 14.0. The highest BCUT2D eigenvalue weighted by Crippen LogP contribution is 2.26. The second-order valence-corrected chi connectivity index (χ2v) is 9.17. The summed E-state index contributed by atoms with van der Waals surface area (Å²) in [4.78, 5) is 13.3. The summed E-state index contributed by atoms with van der Waals surface area (Å²) >= 11 is 9.43. The lowest BCUT2D eigenvalue weighted by atomic mass is 10.2. The molecule has 1 amide bonds. The van der Waals surface area contributed by atoms with Crippen LogP contribution in [0.25, 0.3) is 0 Å². The Balaban J connectivity index is 1.46. The van der Waals surface area contributed by atoms with E-state index in [-0.39, 0.29) is 5.91 Å². The average Bonchev–Trinajstić information content (AvgIpc) is 3.05. The molecule has 0 radical (unpaired) electrons. The number of rotatable bonds is 7. The fraction of sp³-hybridized carbons (Fsp3) is 0.421. The summed E-state index contributed by atoms with van der Waals surface area (Å²) in [5.74, 6) is 1.01. The minimum absolute atomic E-state index is 0.0405. The molecule has 0 spiro atoms. The molecule has 1 saturated heterocycles. The normalized spacial score (nSPS) is 15.2. The van der Waals surface area contributed by atoms with Crippen molar-refractivity contribution in [2.75, 3.05) is 18.5 Å². The third kappa shape index (κ3) is 6.33. The summed E-state index contributed by atoms with van der Waals surface area (Å²) < 4.78 is 6.17. The molecule has 3 rings (SSSR count). The van der Waals surface area contributed by atoms with Gasteiger partial charge < -0.3 is 10.1 Å². The number of halogens is 1. The summed E-state index contributed by atoms with van der Waals surface area (Å²) in [6, 6.07) is 12.0. The van der Waals surface area contributed by atoms with E-state index >= 15 is 0 Å². The van der Waals surface area contributed by atoms with Gasteiger partial charge in [-0.25, -0.2) is 0 Å². The molecule has 1 aromatic heterocycles. The smallest absolute Gasteiger partial charge is 0.224 e. The maximum atomic E-state index is 12.2. The predicted octanol–water partition coefficient (Wildman–Crippen LogP) is 5.39.